The Morgan fingerprint density at radius 2 is 2.17 bits per heavy atom. The Bertz CT molecular complexity index is 628. The van der Waals surface area contributed by atoms with Crippen molar-refractivity contribution >= 4 is 44.4 Å². The Morgan fingerprint density at radius 1 is 1.44 bits per heavy atom. The van der Waals surface area contributed by atoms with Gasteiger partial charge < -0.3 is 4.74 Å². The molecule has 0 saturated carbocycles. The van der Waals surface area contributed by atoms with E-state index >= 15 is 0 Å². The van der Waals surface area contributed by atoms with E-state index in [0.717, 1.165) is 27.4 Å². The Labute approximate surface area is 118 Å². The second kappa shape index (κ2) is 5.24. The molecule has 0 amide bonds. The maximum absolute atomic E-state index is 11.6. The van der Waals surface area contributed by atoms with Crippen LogP contribution in [0.2, 0.25) is 5.15 Å². The number of fused-ring (bicyclic) bond motifs is 1. The summed E-state index contributed by atoms with van der Waals surface area (Å²) in [5.41, 5.74) is 2.18. The summed E-state index contributed by atoms with van der Waals surface area (Å²) in [5.74, 6) is -0.479. The number of carbonyl (C=O) groups excluding carboxylic acids is 1. The van der Waals surface area contributed by atoms with E-state index in [1.165, 1.54) is 7.11 Å². The van der Waals surface area contributed by atoms with Gasteiger partial charge in [0.1, 0.15) is 5.15 Å². The van der Waals surface area contributed by atoms with Crippen molar-refractivity contribution in [3.05, 3.63) is 39.0 Å². The van der Waals surface area contributed by atoms with Crippen molar-refractivity contribution in [2.45, 2.75) is 13.3 Å². The van der Waals surface area contributed by atoms with Crippen LogP contribution in [0.3, 0.4) is 0 Å². The van der Waals surface area contributed by atoms with Crippen LogP contribution in [-0.2, 0) is 11.2 Å². The van der Waals surface area contributed by atoms with Gasteiger partial charge in [-0.3, -0.25) is 0 Å². The highest BCUT2D eigenvalue weighted by atomic mass is 79.9. The highest BCUT2D eigenvalue weighted by Gasteiger charge is 2.15. The predicted molar refractivity (Wildman–Crippen MR) is 75.2 cm³/mol. The zero-order valence-electron chi connectivity index (χ0n) is 9.96. The van der Waals surface area contributed by atoms with E-state index < -0.39 is 5.97 Å². The number of nitrogens with zero attached hydrogens (tertiary/aromatic N) is 1. The van der Waals surface area contributed by atoms with E-state index in [9.17, 15) is 4.79 Å². The summed E-state index contributed by atoms with van der Waals surface area (Å²) in [6.07, 6.45) is 0.844. The van der Waals surface area contributed by atoms with Gasteiger partial charge in [-0.2, -0.15) is 0 Å². The molecule has 1 aromatic carbocycles. The highest BCUT2D eigenvalue weighted by molar-refractivity contribution is 9.10. The number of ether oxygens (including phenoxy) is 1. The molecule has 0 fully saturated rings. The van der Waals surface area contributed by atoms with Crippen LogP contribution in [0.1, 0.15) is 22.8 Å². The Balaban J connectivity index is 2.75. The minimum atomic E-state index is -0.479. The second-order valence-corrected chi connectivity index (χ2v) is 5.08. The SMILES string of the molecule is CCc1cc(Br)cc2cc(C(=O)OC)c(Cl)nc12. The fourth-order valence-corrected chi connectivity index (χ4v) is 2.56. The van der Waals surface area contributed by atoms with Gasteiger partial charge in [0, 0.05) is 9.86 Å². The van der Waals surface area contributed by atoms with Crippen molar-refractivity contribution in [3.63, 3.8) is 0 Å². The predicted octanol–water partition coefficient (Wildman–Crippen LogP) is 4.00. The van der Waals surface area contributed by atoms with Gasteiger partial charge in [-0.15, -0.1) is 0 Å². The lowest BCUT2D eigenvalue weighted by molar-refractivity contribution is 0.0600. The normalized spacial score (nSPS) is 10.7. The number of rotatable bonds is 2. The molecule has 1 heterocycles. The molecule has 0 spiro atoms. The molecule has 3 nitrogen and oxygen atoms in total. The van der Waals surface area contributed by atoms with Crippen molar-refractivity contribution in [2.24, 2.45) is 0 Å². The van der Waals surface area contributed by atoms with Crippen LogP contribution < -0.4 is 0 Å². The molecule has 0 bridgehead atoms. The third-order valence-corrected chi connectivity index (χ3v) is 3.45. The highest BCUT2D eigenvalue weighted by Crippen LogP contribution is 2.27. The van der Waals surface area contributed by atoms with Gasteiger partial charge >= 0.3 is 5.97 Å². The molecule has 5 heteroatoms. The van der Waals surface area contributed by atoms with E-state index in [1.54, 1.807) is 6.07 Å². The summed E-state index contributed by atoms with van der Waals surface area (Å²) in [4.78, 5) is 15.9. The maximum Gasteiger partial charge on any atom is 0.341 e. The molecule has 0 aliphatic carbocycles. The van der Waals surface area contributed by atoms with Gasteiger partial charge in [-0.25, -0.2) is 9.78 Å². The van der Waals surface area contributed by atoms with Crippen LogP contribution in [0.5, 0.6) is 0 Å². The minimum absolute atomic E-state index is 0.173. The summed E-state index contributed by atoms with van der Waals surface area (Å²) in [6, 6.07) is 5.62. The lowest BCUT2D eigenvalue weighted by atomic mass is 10.1. The second-order valence-electron chi connectivity index (χ2n) is 3.81. The third-order valence-electron chi connectivity index (χ3n) is 2.70. The summed E-state index contributed by atoms with van der Waals surface area (Å²) in [5, 5.41) is 1.04. The Morgan fingerprint density at radius 3 is 2.78 bits per heavy atom. The zero-order chi connectivity index (χ0) is 13.3. The van der Waals surface area contributed by atoms with Crippen LogP contribution in [0.25, 0.3) is 10.9 Å². The first kappa shape index (κ1) is 13.3. The number of aromatic nitrogens is 1. The molecule has 0 unspecified atom stereocenters. The van der Waals surface area contributed by atoms with Gasteiger partial charge in [0.25, 0.3) is 0 Å². The van der Waals surface area contributed by atoms with E-state index in [0.29, 0.717) is 0 Å². The van der Waals surface area contributed by atoms with Gasteiger partial charge in [0.05, 0.1) is 18.2 Å². The summed E-state index contributed by atoms with van der Waals surface area (Å²) in [6.45, 7) is 2.05. The quantitative estimate of drug-likeness (QED) is 0.618. The fourth-order valence-electron chi connectivity index (χ4n) is 1.82. The summed E-state index contributed by atoms with van der Waals surface area (Å²) >= 11 is 9.47. The molecule has 0 aliphatic rings. The monoisotopic (exact) mass is 327 g/mol. The van der Waals surface area contributed by atoms with Gasteiger partial charge in [0.2, 0.25) is 0 Å². The largest absolute Gasteiger partial charge is 0.465 e. The number of esters is 1. The van der Waals surface area contributed by atoms with Crippen LogP contribution in [0.4, 0.5) is 0 Å². The molecular weight excluding hydrogens is 318 g/mol. The molecule has 18 heavy (non-hydrogen) atoms. The van der Waals surface area contributed by atoms with Gasteiger partial charge in [0.15, 0.2) is 0 Å². The zero-order valence-corrected chi connectivity index (χ0v) is 12.3. The number of hydrogen-bond acceptors (Lipinski definition) is 3. The molecular formula is C13H11BrClNO2. The first-order valence-corrected chi connectivity index (χ1v) is 6.61. The lowest BCUT2D eigenvalue weighted by Crippen LogP contribution is -2.04. The van der Waals surface area contributed by atoms with Gasteiger partial charge in [-0.05, 0) is 30.2 Å². The molecule has 0 radical (unpaired) electrons. The third kappa shape index (κ3) is 2.35. The van der Waals surface area contributed by atoms with Crippen molar-refractivity contribution in [3.8, 4) is 0 Å². The van der Waals surface area contributed by atoms with E-state index in [1.807, 2.05) is 19.1 Å². The summed E-state index contributed by atoms with van der Waals surface area (Å²) in [7, 11) is 1.32. The van der Waals surface area contributed by atoms with Crippen molar-refractivity contribution in [1.29, 1.82) is 0 Å². The minimum Gasteiger partial charge on any atom is -0.465 e. The number of benzene rings is 1. The van der Waals surface area contributed by atoms with E-state index in [2.05, 4.69) is 25.7 Å². The van der Waals surface area contributed by atoms with E-state index in [-0.39, 0.29) is 10.7 Å². The standard InChI is InChI=1S/C13H11BrClNO2/c1-3-7-4-9(14)5-8-6-10(13(17)18-2)12(15)16-11(7)8/h4-6H,3H2,1-2H3. The van der Waals surface area contributed by atoms with Gasteiger partial charge in [-0.1, -0.05) is 34.5 Å². The first-order valence-electron chi connectivity index (χ1n) is 5.43. The molecule has 0 saturated heterocycles. The molecule has 0 atom stereocenters. The van der Waals surface area contributed by atoms with Crippen LogP contribution in [-0.4, -0.2) is 18.1 Å². The van der Waals surface area contributed by atoms with E-state index in [4.69, 9.17) is 11.6 Å². The maximum atomic E-state index is 11.6. The molecule has 1 aromatic heterocycles. The number of methoxy groups -OCH3 is 1. The molecule has 2 aromatic rings. The van der Waals surface area contributed by atoms with Crippen molar-refractivity contribution < 1.29 is 9.53 Å². The fraction of sp³-hybridized carbons (Fsp3) is 0.231. The molecule has 2 rings (SSSR count). The Kier molecular flexibility index (Phi) is 3.88. The summed E-state index contributed by atoms with van der Waals surface area (Å²) < 4.78 is 5.63. The molecule has 94 valence electrons. The number of aryl methyl sites for hydroxylation is 1. The number of carbonyl (C=O) groups is 1. The first-order chi connectivity index (χ1) is 8.56. The number of pyridine rings is 1. The van der Waals surface area contributed by atoms with Crippen molar-refractivity contribution in [2.75, 3.05) is 7.11 Å². The molecule has 0 N–H and O–H groups in total. The molecule has 0 aliphatic heterocycles. The average Bonchev–Trinajstić information content (AvgIpc) is 2.36. The Hall–Kier alpha value is -1.13. The van der Waals surface area contributed by atoms with Crippen molar-refractivity contribution in [1.82, 2.24) is 4.98 Å². The topological polar surface area (TPSA) is 39.2 Å². The van der Waals surface area contributed by atoms with Crippen LogP contribution >= 0.6 is 27.5 Å². The smallest absolute Gasteiger partial charge is 0.341 e. The number of halogens is 2. The number of hydrogen-bond donors (Lipinski definition) is 0. The lowest BCUT2D eigenvalue weighted by Gasteiger charge is -2.08. The van der Waals surface area contributed by atoms with Crippen LogP contribution in [0.15, 0.2) is 22.7 Å². The van der Waals surface area contributed by atoms with Crippen LogP contribution in [0, 0.1) is 0 Å². The average molecular weight is 329 g/mol.